The molecule has 0 bridgehead atoms. The van der Waals surface area contributed by atoms with Gasteiger partial charge in [-0.3, -0.25) is 9.59 Å². The highest BCUT2D eigenvalue weighted by Crippen LogP contribution is 2.30. The number of aromatic amines is 1. The van der Waals surface area contributed by atoms with Gasteiger partial charge in [0.15, 0.2) is 0 Å². The van der Waals surface area contributed by atoms with Crippen molar-refractivity contribution in [3.63, 3.8) is 0 Å². The SMILES string of the molecule is O=C(Nc1cccc(C(F)(F)F)c1)c1cccc(NC(=O)c2ccc[nH]2)c1. The maximum Gasteiger partial charge on any atom is 0.416 e. The highest BCUT2D eigenvalue weighted by molar-refractivity contribution is 6.06. The number of anilines is 2. The van der Waals surface area contributed by atoms with E-state index in [1.54, 1.807) is 30.5 Å². The van der Waals surface area contributed by atoms with Crippen molar-refractivity contribution in [2.24, 2.45) is 0 Å². The zero-order valence-electron chi connectivity index (χ0n) is 13.8. The second-order valence-corrected chi connectivity index (χ2v) is 5.65. The molecule has 0 saturated carbocycles. The number of amides is 2. The van der Waals surface area contributed by atoms with E-state index >= 15 is 0 Å². The second-order valence-electron chi connectivity index (χ2n) is 5.65. The molecule has 0 atom stereocenters. The molecule has 3 aromatic rings. The molecule has 0 saturated heterocycles. The van der Waals surface area contributed by atoms with Crippen molar-refractivity contribution in [2.75, 3.05) is 10.6 Å². The van der Waals surface area contributed by atoms with Crippen LogP contribution < -0.4 is 10.6 Å². The molecule has 3 N–H and O–H groups in total. The number of carbonyl (C=O) groups excluding carboxylic acids is 2. The summed E-state index contributed by atoms with van der Waals surface area (Å²) in [7, 11) is 0. The molecule has 0 aliphatic carbocycles. The number of halogens is 3. The van der Waals surface area contributed by atoms with Crippen LogP contribution in [0.4, 0.5) is 24.5 Å². The summed E-state index contributed by atoms with van der Waals surface area (Å²) in [5, 5.41) is 5.05. The van der Waals surface area contributed by atoms with E-state index < -0.39 is 17.6 Å². The third kappa shape index (κ3) is 4.55. The molecule has 1 heterocycles. The lowest BCUT2D eigenvalue weighted by molar-refractivity contribution is -0.137. The van der Waals surface area contributed by atoms with Crippen LogP contribution in [0.2, 0.25) is 0 Å². The third-order valence-corrected chi connectivity index (χ3v) is 3.67. The summed E-state index contributed by atoms with van der Waals surface area (Å²) in [6.07, 6.45) is -2.89. The smallest absolute Gasteiger partial charge is 0.357 e. The molecule has 8 heteroatoms. The van der Waals surface area contributed by atoms with Crippen LogP contribution in [0.1, 0.15) is 26.4 Å². The van der Waals surface area contributed by atoms with Crippen LogP contribution in [0.15, 0.2) is 66.9 Å². The molecule has 138 valence electrons. The van der Waals surface area contributed by atoms with Gasteiger partial charge >= 0.3 is 6.18 Å². The molecule has 27 heavy (non-hydrogen) atoms. The summed E-state index contributed by atoms with van der Waals surface area (Å²) in [6.45, 7) is 0. The molecular formula is C19H14F3N3O2. The van der Waals surface area contributed by atoms with Crippen molar-refractivity contribution in [1.82, 2.24) is 4.98 Å². The van der Waals surface area contributed by atoms with Gasteiger partial charge in [0.25, 0.3) is 11.8 Å². The van der Waals surface area contributed by atoms with Crippen LogP contribution in [0.3, 0.4) is 0 Å². The Kier molecular flexibility index (Phi) is 4.98. The molecular weight excluding hydrogens is 359 g/mol. The maximum atomic E-state index is 12.8. The number of carbonyl (C=O) groups is 2. The second kappa shape index (κ2) is 7.36. The van der Waals surface area contributed by atoms with E-state index in [-0.39, 0.29) is 17.2 Å². The predicted molar refractivity (Wildman–Crippen MR) is 94.6 cm³/mol. The zero-order valence-corrected chi connectivity index (χ0v) is 13.8. The summed E-state index contributed by atoms with van der Waals surface area (Å²) in [5.41, 5.74) is 0.0970. The van der Waals surface area contributed by atoms with E-state index in [1.165, 1.54) is 24.3 Å². The lowest BCUT2D eigenvalue weighted by atomic mass is 10.1. The van der Waals surface area contributed by atoms with E-state index in [2.05, 4.69) is 15.6 Å². The molecule has 0 aliphatic heterocycles. The zero-order chi connectivity index (χ0) is 19.4. The molecule has 2 aromatic carbocycles. The first-order valence-electron chi connectivity index (χ1n) is 7.86. The van der Waals surface area contributed by atoms with Crippen molar-refractivity contribution >= 4 is 23.2 Å². The van der Waals surface area contributed by atoms with Gasteiger partial charge in [-0.2, -0.15) is 13.2 Å². The molecule has 5 nitrogen and oxygen atoms in total. The number of hydrogen-bond donors (Lipinski definition) is 3. The average Bonchev–Trinajstić information content (AvgIpc) is 3.16. The average molecular weight is 373 g/mol. The fourth-order valence-electron chi connectivity index (χ4n) is 2.38. The highest BCUT2D eigenvalue weighted by atomic mass is 19.4. The van der Waals surface area contributed by atoms with Gasteiger partial charge in [-0.15, -0.1) is 0 Å². The Balaban J connectivity index is 1.73. The third-order valence-electron chi connectivity index (χ3n) is 3.67. The fraction of sp³-hybridized carbons (Fsp3) is 0.0526. The fourth-order valence-corrected chi connectivity index (χ4v) is 2.38. The first-order chi connectivity index (χ1) is 12.8. The number of H-pyrrole nitrogens is 1. The summed E-state index contributed by atoms with van der Waals surface area (Å²) >= 11 is 0. The predicted octanol–water partition coefficient (Wildman–Crippen LogP) is 4.54. The Hall–Kier alpha value is -3.55. The molecule has 0 radical (unpaired) electrons. The number of aromatic nitrogens is 1. The van der Waals surface area contributed by atoms with Crippen LogP contribution in [-0.2, 0) is 6.18 Å². The van der Waals surface area contributed by atoms with Gasteiger partial charge in [-0.25, -0.2) is 0 Å². The normalized spacial score (nSPS) is 11.1. The molecule has 0 spiro atoms. The minimum Gasteiger partial charge on any atom is -0.357 e. The molecule has 0 fully saturated rings. The Morgan fingerprint density at radius 3 is 2.15 bits per heavy atom. The van der Waals surface area contributed by atoms with Crippen LogP contribution in [-0.4, -0.2) is 16.8 Å². The first-order valence-corrected chi connectivity index (χ1v) is 7.86. The van der Waals surface area contributed by atoms with Gasteiger partial charge < -0.3 is 15.6 Å². The topological polar surface area (TPSA) is 74.0 Å². The number of benzene rings is 2. The number of alkyl halides is 3. The monoisotopic (exact) mass is 373 g/mol. The van der Waals surface area contributed by atoms with E-state index in [9.17, 15) is 22.8 Å². The highest BCUT2D eigenvalue weighted by Gasteiger charge is 2.30. The van der Waals surface area contributed by atoms with E-state index in [1.807, 2.05) is 0 Å². The molecule has 1 aromatic heterocycles. The molecule has 0 unspecified atom stereocenters. The van der Waals surface area contributed by atoms with Crippen LogP contribution in [0, 0.1) is 0 Å². The quantitative estimate of drug-likeness (QED) is 0.628. The minimum absolute atomic E-state index is 0.0237. The Morgan fingerprint density at radius 1 is 0.815 bits per heavy atom. The van der Waals surface area contributed by atoms with Crippen molar-refractivity contribution in [3.05, 3.63) is 83.7 Å². The van der Waals surface area contributed by atoms with Crippen LogP contribution in [0.5, 0.6) is 0 Å². The lowest BCUT2D eigenvalue weighted by Gasteiger charge is -2.10. The first kappa shape index (κ1) is 18.2. The number of rotatable bonds is 4. The molecule has 0 aliphatic rings. The summed E-state index contributed by atoms with van der Waals surface area (Å²) in [6, 6.07) is 13.7. The van der Waals surface area contributed by atoms with Gasteiger partial charge in [-0.1, -0.05) is 12.1 Å². The van der Waals surface area contributed by atoms with E-state index in [0.29, 0.717) is 11.4 Å². The van der Waals surface area contributed by atoms with Crippen LogP contribution in [0.25, 0.3) is 0 Å². The van der Waals surface area contributed by atoms with Crippen LogP contribution >= 0.6 is 0 Å². The summed E-state index contributed by atoms with van der Waals surface area (Å²) in [4.78, 5) is 27.1. The Labute approximate surface area is 152 Å². The number of nitrogens with one attached hydrogen (secondary N) is 3. The summed E-state index contributed by atoms with van der Waals surface area (Å²) < 4.78 is 38.3. The van der Waals surface area contributed by atoms with Gasteiger partial charge in [0.1, 0.15) is 5.69 Å². The molecule has 3 rings (SSSR count). The Bertz CT molecular complexity index is 966. The maximum absolute atomic E-state index is 12.8. The van der Waals surface area contributed by atoms with Crippen molar-refractivity contribution in [2.45, 2.75) is 6.18 Å². The standard InChI is InChI=1S/C19H14F3N3O2/c20-19(21,22)13-5-2-7-15(11-13)24-17(26)12-4-1-6-14(10-12)25-18(27)16-8-3-9-23-16/h1-11,23H,(H,24,26)(H,25,27). The lowest BCUT2D eigenvalue weighted by Crippen LogP contribution is -2.15. The van der Waals surface area contributed by atoms with Crippen molar-refractivity contribution in [1.29, 1.82) is 0 Å². The van der Waals surface area contributed by atoms with Gasteiger partial charge in [0, 0.05) is 23.1 Å². The van der Waals surface area contributed by atoms with E-state index in [4.69, 9.17) is 0 Å². The van der Waals surface area contributed by atoms with Gasteiger partial charge in [0.2, 0.25) is 0 Å². The minimum atomic E-state index is -4.50. The van der Waals surface area contributed by atoms with Gasteiger partial charge in [0.05, 0.1) is 5.56 Å². The molecule has 2 amide bonds. The number of hydrogen-bond acceptors (Lipinski definition) is 2. The van der Waals surface area contributed by atoms with Crippen molar-refractivity contribution in [3.8, 4) is 0 Å². The Morgan fingerprint density at radius 2 is 1.48 bits per heavy atom. The summed E-state index contributed by atoms with van der Waals surface area (Å²) in [5.74, 6) is -0.972. The van der Waals surface area contributed by atoms with Gasteiger partial charge in [-0.05, 0) is 48.5 Å². The van der Waals surface area contributed by atoms with E-state index in [0.717, 1.165) is 12.1 Å². The largest absolute Gasteiger partial charge is 0.416 e. The van der Waals surface area contributed by atoms with Crippen molar-refractivity contribution < 1.29 is 22.8 Å².